The van der Waals surface area contributed by atoms with Crippen LogP contribution in [0.15, 0.2) is 52.9 Å². The van der Waals surface area contributed by atoms with Crippen LogP contribution >= 0.6 is 0 Å². The molecule has 30 heavy (non-hydrogen) atoms. The van der Waals surface area contributed by atoms with Crippen LogP contribution in [0.1, 0.15) is 10.8 Å². The van der Waals surface area contributed by atoms with Gasteiger partial charge in [0.2, 0.25) is 15.9 Å². The van der Waals surface area contributed by atoms with Crippen LogP contribution in [-0.4, -0.2) is 51.0 Å². The number of benzene rings is 2. The number of morpholine rings is 1. The van der Waals surface area contributed by atoms with E-state index in [1.54, 1.807) is 12.1 Å². The highest BCUT2D eigenvalue weighted by molar-refractivity contribution is 7.89. The van der Waals surface area contributed by atoms with Crippen molar-refractivity contribution < 1.29 is 22.4 Å². The Hall–Kier alpha value is -2.88. The molecule has 0 saturated carbocycles. The van der Waals surface area contributed by atoms with E-state index in [2.05, 4.69) is 5.32 Å². The van der Waals surface area contributed by atoms with Crippen molar-refractivity contribution in [1.82, 2.24) is 4.31 Å². The third-order valence-electron chi connectivity index (χ3n) is 5.64. The second kappa shape index (κ2) is 7.12. The van der Waals surface area contributed by atoms with Gasteiger partial charge in [0, 0.05) is 29.7 Å². The molecule has 2 aromatic carbocycles. The highest BCUT2D eigenvalue weighted by Crippen LogP contribution is 2.43. The average molecular weight is 427 g/mol. The lowest BCUT2D eigenvalue weighted by Crippen LogP contribution is -2.47. The van der Waals surface area contributed by atoms with Crippen molar-refractivity contribution in [2.24, 2.45) is 5.73 Å². The zero-order valence-electron chi connectivity index (χ0n) is 16.1. The fraction of sp³-hybridized carbons (Fsp3) is 0.286. The van der Waals surface area contributed by atoms with Crippen molar-refractivity contribution in [3.63, 3.8) is 0 Å². The standard InChI is InChI=1S/C21H21N3O5S/c22-21(25)19-20(30(26,27)24-7-9-28-10-8-24)15-11-14(5-6-16(15)23-19)18-12-13-3-1-2-4-17(13)29-18/h1-6,11-12,19-20,23H,7-10H2,(H2,22,25). The van der Waals surface area contributed by atoms with Crippen LogP contribution in [-0.2, 0) is 19.6 Å². The summed E-state index contributed by atoms with van der Waals surface area (Å²) in [7, 11) is -3.83. The summed E-state index contributed by atoms with van der Waals surface area (Å²) in [5.41, 5.74) is 8.15. The fourth-order valence-corrected chi connectivity index (χ4v) is 6.19. The lowest BCUT2D eigenvalue weighted by molar-refractivity contribution is -0.118. The molecule has 1 aromatic heterocycles. The number of furan rings is 1. The van der Waals surface area contributed by atoms with E-state index >= 15 is 0 Å². The smallest absolute Gasteiger partial charge is 0.241 e. The highest BCUT2D eigenvalue weighted by Gasteiger charge is 2.47. The van der Waals surface area contributed by atoms with Crippen molar-refractivity contribution >= 4 is 32.6 Å². The Balaban J connectivity index is 1.60. The molecule has 0 radical (unpaired) electrons. The second-order valence-electron chi connectivity index (χ2n) is 7.45. The first-order chi connectivity index (χ1) is 14.4. The number of nitrogens with two attached hydrogens (primary N) is 1. The summed E-state index contributed by atoms with van der Waals surface area (Å²) >= 11 is 0. The lowest BCUT2D eigenvalue weighted by atomic mass is 10.0. The molecule has 2 unspecified atom stereocenters. The van der Waals surface area contributed by atoms with Gasteiger partial charge in [0.1, 0.15) is 22.6 Å². The van der Waals surface area contributed by atoms with Gasteiger partial charge in [-0.2, -0.15) is 4.31 Å². The van der Waals surface area contributed by atoms with Crippen LogP contribution in [0.4, 0.5) is 5.69 Å². The number of nitrogens with zero attached hydrogens (tertiary/aromatic N) is 1. The number of primary amides is 1. The van der Waals surface area contributed by atoms with E-state index in [-0.39, 0.29) is 13.1 Å². The van der Waals surface area contributed by atoms with Crippen LogP contribution in [0.3, 0.4) is 0 Å². The second-order valence-corrected chi connectivity index (χ2v) is 9.51. The van der Waals surface area contributed by atoms with E-state index in [1.165, 1.54) is 4.31 Å². The Morgan fingerprint density at radius 2 is 1.87 bits per heavy atom. The number of amides is 1. The number of carbonyl (C=O) groups is 1. The van der Waals surface area contributed by atoms with Crippen molar-refractivity contribution in [3.05, 3.63) is 54.1 Å². The van der Waals surface area contributed by atoms with E-state index in [1.807, 2.05) is 36.4 Å². The summed E-state index contributed by atoms with van der Waals surface area (Å²) in [6, 6.07) is 13.9. The van der Waals surface area contributed by atoms with Crippen LogP contribution in [0.25, 0.3) is 22.3 Å². The van der Waals surface area contributed by atoms with Crippen molar-refractivity contribution in [2.45, 2.75) is 11.3 Å². The first-order valence-electron chi connectivity index (χ1n) is 9.70. The molecular weight excluding hydrogens is 406 g/mol. The summed E-state index contributed by atoms with van der Waals surface area (Å²) in [4.78, 5) is 12.1. The van der Waals surface area contributed by atoms with E-state index in [0.29, 0.717) is 30.2 Å². The molecule has 0 bridgehead atoms. The first kappa shape index (κ1) is 19.1. The quantitative estimate of drug-likeness (QED) is 0.659. The maximum absolute atomic E-state index is 13.5. The van der Waals surface area contributed by atoms with Gasteiger partial charge in [0.05, 0.1) is 13.2 Å². The molecular formula is C21H21N3O5S. The Morgan fingerprint density at radius 3 is 2.60 bits per heavy atom. The number of anilines is 1. The Bertz CT molecular complexity index is 1200. The van der Waals surface area contributed by atoms with Gasteiger partial charge < -0.3 is 20.2 Å². The minimum Gasteiger partial charge on any atom is -0.456 e. The van der Waals surface area contributed by atoms with Crippen LogP contribution in [0, 0.1) is 0 Å². The normalized spacial score (nSPS) is 22.0. The molecule has 3 heterocycles. The summed E-state index contributed by atoms with van der Waals surface area (Å²) in [5, 5.41) is 2.85. The maximum atomic E-state index is 13.5. The Morgan fingerprint density at radius 1 is 1.10 bits per heavy atom. The number of para-hydroxylation sites is 1. The number of sulfonamides is 1. The molecule has 1 amide bonds. The molecule has 2 aliphatic heterocycles. The summed E-state index contributed by atoms with van der Waals surface area (Å²) in [5.74, 6) is -0.0811. The number of ether oxygens (including phenoxy) is 1. The number of carbonyl (C=O) groups excluding carboxylic acids is 1. The van der Waals surface area contributed by atoms with Crippen LogP contribution < -0.4 is 11.1 Å². The van der Waals surface area contributed by atoms with Gasteiger partial charge in [-0.15, -0.1) is 0 Å². The number of fused-ring (bicyclic) bond motifs is 2. The molecule has 5 rings (SSSR count). The van der Waals surface area contributed by atoms with Gasteiger partial charge in [-0.3, -0.25) is 4.79 Å². The third-order valence-corrected chi connectivity index (χ3v) is 7.89. The molecule has 8 nitrogen and oxygen atoms in total. The zero-order chi connectivity index (χ0) is 20.9. The van der Waals surface area contributed by atoms with Crippen molar-refractivity contribution in [3.8, 4) is 11.3 Å². The van der Waals surface area contributed by atoms with Crippen LogP contribution in [0.5, 0.6) is 0 Å². The average Bonchev–Trinajstić information content (AvgIpc) is 3.36. The van der Waals surface area contributed by atoms with Crippen LogP contribution in [0.2, 0.25) is 0 Å². The molecule has 0 spiro atoms. The minimum absolute atomic E-state index is 0.253. The van der Waals surface area contributed by atoms with E-state index in [4.69, 9.17) is 14.9 Å². The van der Waals surface area contributed by atoms with Crippen molar-refractivity contribution in [1.29, 1.82) is 0 Å². The van der Waals surface area contributed by atoms with Crippen molar-refractivity contribution in [2.75, 3.05) is 31.6 Å². The van der Waals surface area contributed by atoms with Gasteiger partial charge in [0.25, 0.3) is 0 Å². The predicted molar refractivity (Wildman–Crippen MR) is 112 cm³/mol. The SMILES string of the molecule is NC(=O)C1Nc2ccc(-c3cc4ccccc4o3)cc2C1S(=O)(=O)N1CCOCC1. The predicted octanol–water partition coefficient (Wildman–Crippen LogP) is 2.08. The molecule has 3 aromatic rings. The van der Waals surface area contributed by atoms with Gasteiger partial charge in [-0.05, 0) is 35.9 Å². The van der Waals surface area contributed by atoms with Gasteiger partial charge >= 0.3 is 0 Å². The van der Waals surface area contributed by atoms with E-state index in [0.717, 1.165) is 16.5 Å². The first-order valence-corrected chi connectivity index (χ1v) is 11.2. The largest absolute Gasteiger partial charge is 0.456 e. The summed E-state index contributed by atoms with van der Waals surface area (Å²) < 4.78 is 39.5. The molecule has 0 aliphatic carbocycles. The fourth-order valence-electron chi connectivity index (χ4n) is 4.14. The van der Waals surface area contributed by atoms with E-state index in [9.17, 15) is 13.2 Å². The highest BCUT2D eigenvalue weighted by atomic mass is 32.2. The Labute approximate surface area is 173 Å². The number of hydrogen-bond acceptors (Lipinski definition) is 6. The maximum Gasteiger partial charge on any atom is 0.241 e. The molecule has 2 aliphatic rings. The molecule has 1 saturated heterocycles. The number of rotatable bonds is 4. The van der Waals surface area contributed by atoms with Gasteiger partial charge in [-0.1, -0.05) is 18.2 Å². The summed E-state index contributed by atoms with van der Waals surface area (Å²) in [6.45, 7) is 1.16. The lowest BCUT2D eigenvalue weighted by Gasteiger charge is -2.30. The molecule has 1 fully saturated rings. The molecule has 156 valence electrons. The summed E-state index contributed by atoms with van der Waals surface area (Å²) in [6.07, 6.45) is 0. The molecule has 2 atom stereocenters. The molecule has 3 N–H and O–H groups in total. The Kier molecular flexibility index (Phi) is 4.53. The van der Waals surface area contributed by atoms with E-state index < -0.39 is 27.2 Å². The number of hydrogen-bond donors (Lipinski definition) is 2. The molecule has 9 heteroatoms. The van der Waals surface area contributed by atoms with Gasteiger partial charge in [0.15, 0.2) is 0 Å². The minimum atomic E-state index is -3.83. The topological polar surface area (TPSA) is 115 Å². The third kappa shape index (κ3) is 3.06. The van der Waals surface area contributed by atoms with Gasteiger partial charge in [-0.25, -0.2) is 8.42 Å². The number of nitrogens with one attached hydrogen (secondary N) is 1. The monoisotopic (exact) mass is 427 g/mol. The zero-order valence-corrected chi connectivity index (χ0v) is 16.9.